The summed E-state index contributed by atoms with van der Waals surface area (Å²) in [6.07, 6.45) is 1.80. The highest BCUT2D eigenvalue weighted by molar-refractivity contribution is 5.98. The Kier molecular flexibility index (Phi) is 5.07. The van der Waals surface area contributed by atoms with Gasteiger partial charge in [-0.05, 0) is 37.5 Å². The fourth-order valence-electron chi connectivity index (χ4n) is 2.74. The van der Waals surface area contributed by atoms with Crippen molar-refractivity contribution in [2.75, 3.05) is 20.3 Å². The van der Waals surface area contributed by atoms with Gasteiger partial charge in [-0.25, -0.2) is 0 Å². The first-order valence-corrected chi connectivity index (χ1v) is 7.33. The van der Waals surface area contributed by atoms with Crippen LogP contribution in [0.5, 0.6) is 11.5 Å². The van der Waals surface area contributed by atoms with Crippen LogP contribution in [-0.2, 0) is 4.74 Å². The van der Waals surface area contributed by atoms with Crippen LogP contribution in [0.1, 0.15) is 35.7 Å². The van der Waals surface area contributed by atoms with Crippen LogP contribution in [0.4, 0.5) is 0 Å². The molecule has 1 saturated heterocycles. The summed E-state index contributed by atoms with van der Waals surface area (Å²) in [4.78, 5) is 12.4. The molecule has 1 aliphatic heterocycles. The van der Waals surface area contributed by atoms with Crippen LogP contribution in [0.15, 0.2) is 12.1 Å². The largest absolute Gasteiger partial charge is 0.504 e. The standard InChI is InChI=1S/C16H23NO4/c1-4-13(11-5-6-21-9-11)17-16(19)12-7-10(2)8-14(20-3)15(12)18/h7-8,11,13,18H,4-6,9H2,1-3H3,(H,17,19)/t11-,13+/m0/s1. The number of aryl methyl sites for hydroxylation is 1. The van der Waals surface area contributed by atoms with Gasteiger partial charge in [-0.3, -0.25) is 4.79 Å². The van der Waals surface area contributed by atoms with Crippen molar-refractivity contribution in [1.82, 2.24) is 5.32 Å². The van der Waals surface area contributed by atoms with Gasteiger partial charge in [-0.2, -0.15) is 0 Å². The summed E-state index contributed by atoms with van der Waals surface area (Å²) in [5.74, 6) is 0.275. The minimum Gasteiger partial charge on any atom is -0.504 e. The average Bonchev–Trinajstić information content (AvgIpc) is 3.00. The van der Waals surface area contributed by atoms with Crippen LogP contribution >= 0.6 is 0 Å². The van der Waals surface area contributed by atoms with Crippen LogP contribution in [0.25, 0.3) is 0 Å². The molecule has 0 aromatic heterocycles. The summed E-state index contributed by atoms with van der Waals surface area (Å²) in [7, 11) is 1.47. The lowest BCUT2D eigenvalue weighted by Gasteiger charge is -2.22. The zero-order valence-electron chi connectivity index (χ0n) is 12.8. The molecule has 0 unspecified atom stereocenters. The van der Waals surface area contributed by atoms with E-state index in [1.54, 1.807) is 12.1 Å². The molecule has 2 N–H and O–H groups in total. The van der Waals surface area contributed by atoms with Crippen molar-refractivity contribution < 1.29 is 19.4 Å². The van der Waals surface area contributed by atoms with E-state index in [4.69, 9.17) is 9.47 Å². The van der Waals surface area contributed by atoms with E-state index >= 15 is 0 Å². The van der Waals surface area contributed by atoms with Crippen molar-refractivity contribution in [1.29, 1.82) is 0 Å². The maximum absolute atomic E-state index is 12.4. The van der Waals surface area contributed by atoms with E-state index < -0.39 is 0 Å². The minimum absolute atomic E-state index is 0.0610. The molecule has 1 aromatic rings. The smallest absolute Gasteiger partial charge is 0.255 e. The molecule has 0 radical (unpaired) electrons. The minimum atomic E-state index is -0.270. The number of aromatic hydroxyl groups is 1. The monoisotopic (exact) mass is 293 g/mol. The van der Waals surface area contributed by atoms with Gasteiger partial charge in [0.1, 0.15) is 0 Å². The van der Waals surface area contributed by atoms with Crippen molar-refractivity contribution in [3.8, 4) is 11.5 Å². The Morgan fingerprint density at radius 1 is 1.57 bits per heavy atom. The summed E-state index contributed by atoms with van der Waals surface area (Å²) in [5, 5.41) is 13.1. The Hall–Kier alpha value is -1.75. The third-order valence-corrected chi connectivity index (χ3v) is 3.97. The van der Waals surface area contributed by atoms with Gasteiger partial charge in [0, 0.05) is 18.6 Å². The maximum atomic E-state index is 12.4. The highest BCUT2D eigenvalue weighted by atomic mass is 16.5. The summed E-state index contributed by atoms with van der Waals surface area (Å²) < 4.78 is 10.5. The van der Waals surface area contributed by atoms with Gasteiger partial charge in [0.05, 0.1) is 19.3 Å². The van der Waals surface area contributed by atoms with Crippen molar-refractivity contribution in [2.45, 2.75) is 32.7 Å². The molecule has 1 aliphatic rings. The van der Waals surface area contributed by atoms with E-state index in [1.165, 1.54) is 7.11 Å². The summed E-state index contributed by atoms with van der Waals surface area (Å²) in [5.41, 5.74) is 1.12. The van der Waals surface area contributed by atoms with Gasteiger partial charge >= 0.3 is 0 Å². The molecule has 21 heavy (non-hydrogen) atoms. The number of benzene rings is 1. The van der Waals surface area contributed by atoms with Crippen LogP contribution in [-0.4, -0.2) is 37.4 Å². The number of carbonyl (C=O) groups excluding carboxylic acids is 1. The molecule has 0 aliphatic carbocycles. The second-order valence-electron chi connectivity index (χ2n) is 5.48. The van der Waals surface area contributed by atoms with E-state index in [9.17, 15) is 9.90 Å². The van der Waals surface area contributed by atoms with Gasteiger partial charge in [-0.15, -0.1) is 0 Å². The number of phenols is 1. The Morgan fingerprint density at radius 3 is 2.90 bits per heavy atom. The Bertz CT molecular complexity index is 509. The first-order chi connectivity index (χ1) is 10.1. The highest BCUT2D eigenvalue weighted by Gasteiger charge is 2.27. The summed E-state index contributed by atoms with van der Waals surface area (Å²) in [6.45, 7) is 5.34. The van der Waals surface area contributed by atoms with E-state index in [1.807, 2.05) is 13.8 Å². The fraction of sp³-hybridized carbons (Fsp3) is 0.562. The van der Waals surface area contributed by atoms with Crippen LogP contribution in [0.3, 0.4) is 0 Å². The normalized spacial score (nSPS) is 19.3. The second-order valence-corrected chi connectivity index (χ2v) is 5.48. The lowest BCUT2D eigenvalue weighted by Crippen LogP contribution is -2.40. The van der Waals surface area contributed by atoms with Crippen molar-refractivity contribution in [3.63, 3.8) is 0 Å². The van der Waals surface area contributed by atoms with Crippen molar-refractivity contribution in [3.05, 3.63) is 23.3 Å². The first kappa shape index (κ1) is 15.6. The number of phenolic OH excluding ortho intramolecular Hbond substituents is 1. The second kappa shape index (κ2) is 6.80. The molecule has 1 amide bonds. The third-order valence-electron chi connectivity index (χ3n) is 3.97. The fourth-order valence-corrected chi connectivity index (χ4v) is 2.74. The number of rotatable bonds is 5. The predicted molar refractivity (Wildman–Crippen MR) is 79.9 cm³/mol. The Morgan fingerprint density at radius 2 is 2.33 bits per heavy atom. The Labute approximate surface area is 125 Å². The molecule has 5 heteroatoms. The van der Waals surface area contributed by atoms with Gasteiger partial charge in [0.15, 0.2) is 11.5 Å². The van der Waals surface area contributed by atoms with Crippen LogP contribution < -0.4 is 10.1 Å². The molecule has 2 rings (SSSR count). The molecular formula is C16H23NO4. The van der Waals surface area contributed by atoms with Gasteiger partial charge < -0.3 is 19.9 Å². The number of amides is 1. The summed E-state index contributed by atoms with van der Waals surface area (Å²) >= 11 is 0. The summed E-state index contributed by atoms with van der Waals surface area (Å²) in [6, 6.07) is 3.44. The molecule has 0 spiro atoms. The van der Waals surface area contributed by atoms with Gasteiger partial charge in [-0.1, -0.05) is 6.92 Å². The van der Waals surface area contributed by atoms with E-state index in [-0.39, 0.29) is 23.3 Å². The molecule has 2 atom stereocenters. The molecule has 1 fully saturated rings. The first-order valence-electron chi connectivity index (χ1n) is 7.33. The van der Waals surface area contributed by atoms with Crippen molar-refractivity contribution in [2.24, 2.45) is 5.92 Å². The molecule has 0 bridgehead atoms. The number of hydrogen-bond donors (Lipinski definition) is 2. The quantitative estimate of drug-likeness (QED) is 0.874. The lowest BCUT2D eigenvalue weighted by atomic mass is 9.96. The highest BCUT2D eigenvalue weighted by Crippen LogP contribution is 2.31. The van der Waals surface area contributed by atoms with Crippen LogP contribution in [0.2, 0.25) is 0 Å². The third kappa shape index (κ3) is 3.47. The van der Waals surface area contributed by atoms with Crippen LogP contribution in [0, 0.1) is 12.8 Å². The zero-order valence-corrected chi connectivity index (χ0v) is 12.8. The lowest BCUT2D eigenvalue weighted by molar-refractivity contribution is 0.0911. The van der Waals surface area contributed by atoms with Crippen molar-refractivity contribution >= 4 is 5.91 Å². The van der Waals surface area contributed by atoms with Gasteiger partial charge in [0.2, 0.25) is 0 Å². The molecule has 5 nitrogen and oxygen atoms in total. The molecule has 1 heterocycles. The SMILES string of the molecule is CC[C@@H](NC(=O)c1cc(C)cc(OC)c1O)[C@H]1CCOC1. The maximum Gasteiger partial charge on any atom is 0.255 e. The van der Waals surface area contributed by atoms with E-state index in [2.05, 4.69) is 5.32 Å². The molecule has 116 valence electrons. The molecule has 0 saturated carbocycles. The number of hydrogen-bond acceptors (Lipinski definition) is 4. The number of methoxy groups -OCH3 is 1. The topological polar surface area (TPSA) is 67.8 Å². The number of nitrogens with one attached hydrogen (secondary N) is 1. The Balaban J connectivity index is 2.17. The number of ether oxygens (including phenoxy) is 2. The molecular weight excluding hydrogens is 270 g/mol. The van der Waals surface area contributed by atoms with E-state index in [0.29, 0.717) is 18.3 Å². The van der Waals surface area contributed by atoms with E-state index in [0.717, 1.165) is 25.0 Å². The zero-order chi connectivity index (χ0) is 15.4. The number of carbonyl (C=O) groups is 1. The predicted octanol–water partition coefficient (Wildman–Crippen LogP) is 2.25. The average molecular weight is 293 g/mol. The molecule has 1 aromatic carbocycles. The van der Waals surface area contributed by atoms with Gasteiger partial charge in [0.25, 0.3) is 5.91 Å².